The van der Waals surface area contributed by atoms with Crippen molar-refractivity contribution in [2.24, 2.45) is 0 Å². The number of H-pyrrole nitrogens is 1. The van der Waals surface area contributed by atoms with Crippen molar-refractivity contribution in [2.75, 3.05) is 0 Å². The van der Waals surface area contributed by atoms with E-state index in [1.807, 2.05) is 0 Å². The van der Waals surface area contributed by atoms with Crippen molar-refractivity contribution in [1.29, 1.82) is 0 Å². The van der Waals surface area contributed by atoms with Crippen LogP contribution in [0.2, 0.25) is 0 Å². The zero-order valence-electron chi connectivity index (χ0n) is 32.0. The number of imidazole rings is 1. The van der Waals surface area contributed by atoms with E-state index in [0.29, 0.717) is 0 Å². The second kappa shape index (κ2) is 12.1. The van der Waals surface area contributed by atoms with E-state index in [1.165, 1.54) is 77.5 Å². The topological polar surface area (TPSA) is 33.6 Å². The molecule has 3 heteroatoms. The average molecular weight is 750 g/mol. The van der Waals surface area contributed by atoms with E-state index in [4.69, 9.17) is 4.98 Å². The molecule has 1 spiro atoms. The maximum absolute atomic E-state index is 5.12. The van der Waals surface area contributed by atoms with Crippen LogP contribution in [-0.2, 0) is 5.41 Å². The summed E-state index contributed by atoms with van der Waals surface area (Å²) >= 11 is 0. The minimum Gasteiger partial charge on any atom is -0.354 e. The van der Waals surface area contributed by atoms with Gasteiger partial charge < -0.3 is 4.98 Å². The average Bonchev–Trinajstić information content (AvgIpc) is 4.04. The summed E-state index contributed by atoms with van der Waals surface area (Å²) in [4.78, 5) is 8.85. The first-order valence-electron chi connectivity index (χ1n) is 20.4. The molecule has 3 nitrogen and oxygen atoms in total. The van der Waals surface area contributed by atoms with Gasteiger partial charge in [-0.1, -0.05) is 158 Å². The van der Waals surface area contributed by atoms with Crippen LogP contribution in [-0.4, -0.2) is 14.5 Å². The van der Waals surface area contributed by atoms with Crippen LogP contribution >= 0.6 is 0 Å². The Morgan fingerprint density at radius 2 is 0.949 bits per heavy atom. The van der Waals surface area contributed by atoms with Crippen LogP contribution in [0.5, 0.6) is 0 Å². The highest BCUT2D eigenvalue weighted by atomic mass is 15.1. The molecule has 2 aliphatic rings. The number of fused-ring (bicyclic) bond motifs is 14. The monoisotopic (exact) mass is 749 g/mol. The smallest absolute Gasteiger partial charge is 0.145 e. The number of aromatic amines is 1. The number of hydrogen-bond donors (Lipinski definition) is 1. The van der Waals surface area contributed by atoms with Gasteiger partial charge in [0.2, 0.25) is 0 Å². The molecule has 59 heavy (non-hydrogen) atoms. The van der Waals surface area contributed by atoms with Crippen LogP contribution in [0.4, 0.5) is 0 Å². The molecule has 2 aromatic heterocycles. The number of rotatable bonds is 4. The van der Waals surface area contributed by atoms with Gasteiger partial charge in [-0.15, -0.1) is 0 Å². The summed E-state index contributed by atoms with van der Waals surface area (Å²) in [5, 5.41) is 2.46. The summed E-state index contributed by atoms with van der Waals surface area (Å²) in [6, 6.07) is 75.5. The van der Waals surface area contributed by atoms with Crippen LogP contribution in [0.3, 0.4) is 0 Å². The van der Waals surface area contributed by atoms with Gasteiger partial charge >= 0.3 is 0 Å². The molecule has 274 valence electrons. The second-order valence-electron chi connectivity index (χ2n) is 15.9. The molecule has 2 aliphatic carbocycles. The third kappa shape index (κ3) is 4.44. The molecule has 0 saturated carbocycles. The molecule has 0 bridgehead atoms. The Hall–Kier alpha value is -7.75. The number of nitrogens with one attached hydrogen (secondary N) is 1. The summed E-state index contributed by atoms with van der Waals surface area (Å²) in [6.45, 7) is 0. The molecule has 0 radical (unpaired) electrons. The normalized spacial score (nSPS) is 13.2. The van der Waals surface area contributed by atoms with Crippen molar-refractivity contribution in [2.45, 2.75) is 5.41 Å². The van der Waals surface area contributed by atoms with Crippen LogP contribution in [0.25, 0.3) is 94.4 Å². The molecular weight excluding hydrogens is 715 g/mol. The van der Waals surface area contributed by atoms with Gasteiger partial charge in [-0.2, -0.15) is 0 Å². The van der Waals surface area contributed by atoms with Gasteiger partial charge in [0.05, 0.1) is 16.4 Å². The summed E-state index contributed by atoms with van der Waals surface area (Å²) in [7, 11) is 0. The highest BCUT2D eigenvalue weighted by Gasteiger charge is 2.51. The number of hydrogen-bond acceptors (Lipinski definition) is 1. The highest BCUT2D eigenvalue weighted by Crippen LogP contribution is 2.63. The Labute approximate surface area is 341 Å². The van der Waals surface area contributed by atoms with Gasteiger partial charge in [0.15, 0.2) is 0 Å². The molecule has 0 fully saturated rings. The standard InChI is InChI=1S/C56H35N3/c1-2-13-39(14-3-1)59-53-24-11-10-22-51(53)58-55(59)36-27-25-35(26-28-36)40-18-12-23-52-54(40)45-34-38(30-32-50(45)57-52)37-29-31-49-44(33-37)43-17-6-9-21-48(43)56(49)46-19-7-4-15-41(46)42-16-5-8-20-47(42)56/h1-34,57H. The molecule has 1 N–H and O–H groups in total. The van der Waals surface area contributed by atoms with E-state index in [1.54, 1.807) is 0 Å². The zero-order valence-corrected chi connectivity index (χ0v) is 32.0. The predicted octanol–water partition coefficient (Wildman–Crippen LogP) is 14.0. The SMILES string of the molecule is c1ccc(-n2c(-c3ccc(-c4cccc5[nH]c6ccc(-c7ccc8c(c7)-c7ccccc7C87c8ccccc8-c8ccccc87)cc6c45)cc3)nc3ccccc32)cc1. The van der Waals surface area contributed by atoms with Gasteiger partial charge in [-0.3, -0.25) is 4.57 Å². The lowest BCUT2D eigenvalue weighted by Crippen LogP contribution is -2.25. The summed E-state index contributed by atoms with van der Waals surface area (Å²) in [5.74, 6) is 0.933. The Morgan fingerprint density at radius 3 is 1.69 bits per heavy atom. The van der Waals surface area contributed by atoms with Crippen molar-refractivity contribution in [3.8, 4) is 61.6 Å². The molecule has 0 unspecified atom stereocenters. The van der Waals surface area contributed by atoms with Crippen molar-refractivity contribution in [1.82, 2.24) is 14.5 Å². The van der Waals surface area contributed by atoms with Gasteiger partial charge in [0, 0.05) is 33.1 Å². The maximum atomic E-state index is 5.12. The van der Waals surface area contributed by atoms with Crippen molar-refractivity contribution < 1.29 is 0 Å². The van der Waals surface area contributed by atoms with Gasteiger partial charge in [-0.05, 0) is 115 Å². The van der Waals surface area contributed by atoms with Crippen molar-refractivity contribution in [3.63, 3.8) is 0 Å². The summed E-state index contributed by atoms with van der Waals surface area (Å²) in [6.07, 6.45) is 0. The number of para-hydroxylation sites is 3. The van der Waals surface area contributed by atoms with Gasteiger partial charge in [-0.25, -0.2) is 4.98 Å². The first-order chi connectivity index (χ1) is 29.3. The molecular formula is C56H35N3. The van der Waals surface area contributed by atoms with Gasteiger partial charge in [0.25, 0.3) is 0 Å². The fraction of sp³-hybridized carbons (Fsp3) is 0.0179. The van der Waals surface area contributed by atoms with Crippen LogP contribution in [0.1, 0.15) is 22.3 Å². The Balaban J connectivity index is 0.934. The Morgan fingerprint density at radius 1 is 0.390 bits per heavy atom. The molecule has 11 aromatic rings. The Bertz CT molecular complexity index is 3450. The van der Waals surface area contributed by atoms with Crippen LogP contribution in [0.15, 0.2) is 206 Å². The first kappa shape index (κ1) is 32.3. The highest BCUT2D eigenvalue weighted by molar-refractivity contribution is 6.15. The third-order valence-corrected chi connectivity index (χ3v) is 13.0. The van der Waals surface area contributed by atoms with Crippen molar-refractivity contribution in [3.05, 3.63) is 229 Å². The summed E-state index contributed by atoms with van der Waals surface area (Å²) < 4.78 is 2.26. The Kier molecular flexibility index (Phi) is 6.65. The predicted molar refractivity (Wildman–Crippen MR) is 243 cm³/mol. The molecule has 0 amide bonds. The minimum atomic E-state index is -0.336. The molecule has 0 aliphatic heterocycles. The number of nitrogens with zero attached hydrogens (tertiary/aromatic N) is 2. The van der Waals surface area contributed by atoms with Crippen LogP contribution in [0, 0.1) is 0 Å². The number of benzene rings is 9. The molecule has 0 saturated heterocycles. The molecule has 2 heterocycles. The maximum Gasteiger partial charge on any atom is 0.145 e. The zero-order chi connectivity index (χ0) is 38.7. The van der Waals surface area contributed by atoms with E-state index < -0.39 is 0 Å². The van der Waals surface area contributed by atoms with Gasteiger partial charge in [0.1, 0.15) is 5.82 Å². The lowest BCUT2D eigenvalue weighted by Gasteiger charge is -2.30. The largest absolute Gasteiger partial charge is 0.354 e. The van der Waals surface area contributed by atoms with E-state index in [0.717, 1.165) is 39.1 Å². The second-order valence-corrected chi connectivity index (χ2v) is 15.9. The summed E-state index contributed by atoms with van der Waals surface area (Å²) in [5.41, 5.74) is 21.7. The molecule has 9 aromatic carbocycles. The van der Waals surface area contributed by atoms with E-state index in [2.05, 4.69) is 216 Å². The first-order valence-corrected chi connectivity index (χ1v) is 20.4. The number of aromatic nitrogens is 3. The fourth-order valence-corrected chi connectivity index (χ4v) is 10.5. The minimum absolute atomic E-state index is 0.336. The van der Waals surface area contributed by atoms with E-state index >= 15 is 0 Å². The van der Waals surface area contributed by atoms with Crippen molar-refractivity contribution >= 4 is 32.8 Å². The fourth-order valence-electron chi connectivity index (χ4n) is 10.5. The molecule has 0 atom stereocenters. The molecule has 13 rings (SSSR count). The lowest BCUT2D eigenvalue weighted by atomic mass is 9.70. The lowest BCUT2D eigenvalue weighted by molar-refractivity contribution is 0.794. The van der Waals surface area contributed by atoms with Crippen LogP contribution < -0.4 is 0 Å². The van der Waals surface area contributed by atoms with E-state index in [9.17, 15) is 0 Å². The third-order valence-electron chi connectivity index (χ3n) is 13.0. The van der Waals surface area contributed by atoms with E-state index in [-0.39, 0.29) is 5.41 Å². The quantitative estimate of drug-likeness (QED) is 0.191.